The second-order valence-corrected chi connectivity index (χ2v) is 4.88. The molecule has 0 fully saturated rings. The zero-order chi connectivity index (χ0) is 12.7. The van der Waals surface area contributed by atoms with Crippen molar-refractivity contribution >= 4 is 40.6 Å². The summed E-state index contributed by atoms with van der Waals surface area (Å²) in [5, 5.41) is 12.9. The molecule has 1 rings (SSSR count). The van der Waals surface area contributed by atoms with E-state index in [9.17, 15) is 10.1 Å². The molecule has 0 heterocycles. The molecule has 0 bridgehead atoms. The fraction of sp³-hybridized carbons (Fsp3) is 0.300. The summed E-state index contributed by atoms with van der Waals surface area (Å²) in [6.45, 7) is 1.81. The van der Waals surface area contributed by atoms with E-state index in [0.717, 1.165) is 26.9 Å². The number of esters is 1. The SMILES string of the molecule is Cc1cc(OC(=O)CCI)ccc1SOO[O-].[Na+]. The van der Waals surface area contributed by atoms with Gasteiger partial charge in [0, 0.05) is 9.32 Å². The van der Waals surface area contributed by atoms with Crippen molar-refractivity contribution in [1.82, 2.24) is 0 Å². The molecule has 5 nitrogen and oxygen atoms in total. The van der Waals surface area contributed by atoms with Crippen molar-refractivity contribution < 1.29 is 53.7 Å². The minimum absolute atomic E-state index is 0. The Morgan fingerprint density at radius 2 is 2.22 bits per heavy atom. The standard InChI is InChI=1S/C10H11IO5S.Na/c1-7-6-8(14-10(12)4-5-11)2-3-9(7)17-16-15-13;/h2-3,6,13H,4-5H2,1H3;/q;+1/p-1. The van der Waals surface area contributed by atoms with E-state index in [4.69, 9.17) is 4.74 Å². The Morgan fingerprint density at radius 3 is 2.78 bits per heavy atom. The van der Waals surface area contributed by atoms with Crippen LogP contribution in [-0.2, 0) is 14.2 Å². The molecule has 0 aliphatic rings. The van der Waals surface area contributed by atoms with E-state index in [0.29, 0.717) is 12.2 Å². The van der Waals surface area contributed by atoms with Crippen LogP contribution < -0.4 is 39.6 Å². The van der Waals surface area contributed by atoms with Crippen molar-refractivity contribution in [3.63, 3.8) is 0 Å². The van der Waals surface area contributed by atoms with Crippen molar-refractivity contribution in [2.24, 2.45) is 0 Å². The van der Waals surface area contributed by atoms with Crippen molar-refractivity contribution in [3.8, 4) is 5.75 Å². The van der Waals surface area contributed by atoms with Crippen LogP contribution in [0, 0.1) is 6.92 Å². The smallest absolute Gasteiger partial charge is 0.691 e. The number of hydrogen-bond donors (Lipinski definition) is 0. The molecular weight excluding hydrogens is 382 g/mol. The Hall–Kier alpha value is 0.650. The molecule has 18 heavy (non-hydrogen) atoms. The van der Waals surface area contributed by atoms with Crippen LogP contribution in [0.1, 0.15) is 12.0 Å². The topological polar surface area (TPSA) is 67.8 Å². The molecule has 0 atom stereocenters. The first-order chi connectivity index (χ1) is 8.17. The number of benzene rings is 1. The summed E-state index contributed by atoms with van der Waals surface area (Å²) in [5.41, 5.74) is 0.826. The number of ether oxygens (including phenoxy) is 1. The van der Waals surface area contributed by atoms with Crippen LogP contribution in [0.15, 0.2) is 23.1 Å². The van der Waals surface area contributed by atoms with Crippen LogP contribution >= 0.6 is 34.6 Å². The zero-order valence-corrected chi connectivity index (χ0v) is 14.9. The van der Waals surface area contributed by atoms with Crippen molar-refractivity contribution in [1.29, 1.82) is 0 Å². The van der Waals surface area contributed by atoms with Gasteiger partial charge in [-0.2, -0.15) is 4.33 Å². The summed E-state index contributed by atoms with van der Waals surface area (Å²) in [7, 11) is 0. The van der Waals surface area contributed by atoms with Crippen molar-refractivity contribution in [3.05, 3.63) is 23.8 Å². The molecule has 0 amide bonds. The fourth-order valence-electron chi connectivity index (χ4n) is 1.09. The molecule has 0 N–H and O–H groups in total. The van der Waals surface area contributed by atoms with Gasteiger partial charge < -0.3 is 9.99 Å². The van der Waals surface area contributed by atoms with E-state index in [-0.39, 0.29) is 35.5 Å². The Labute approximate surface area is 145 Å². The van der Waals surface area contributed by atoms with E-state index in [1.54, 1.807) is 18.2 Å². The third kappa shape index (κ3) is 6.71. The van der Waals surface area contributed by atoms with Crippen molar-refractivity contribution in [2.45, 2.75) is 18.2 Å². The predicted octanol–water partition coefficient (Wildman–Crippen LogP) is -1.04. The van der Waals surface area contributed by atoms with Gasteiger partial charge in [0.15, 0.2) is 0 Å². The van der Waals surface area contributed by atoms with Gasteiger partial charge >= 0.3 is 35.5 Å². The summed E-state index contributed by atoms with van der Waals surface area (Å²) in [4.78, 5) is 12.0. The Morgan fingerprint density at radius 1 is 1.50 bits per heavy atom. The van der Waals surface area contributed by atoms with Gasteiger partial charge in [-0.15, -0.1) is 0 Å². The maximum atomic E-state index is 11.3. The average molecular weight is 392 g/mol. The molecule has 0 unspecified atom stereocenters. The Balaban J connectivity index is 0.00000289. The number of aryl methyl sites for hydroxylation is 1. The summed E-state index contributed by atoms with van der Waals surface area (Å²) < 4.78 is 10.0. The van der Waals surface area contributed by atoms with Gasteiger partial charge in [0.25, 0.3) is 0 Å². The number of carbonyl (C=O) groups excluding carboxylic acids is 1. The van der Waals surface area contributed by atoms with E-state index < -0.39 is 0 Å². The van der Waals surface area contributed by atoms with Gasteiger partial charge in [-0.1, -0.05) is 22.6 Å². The molecule has 0 aromatic heterocycles. The third-order valence-corrected chi connectivity index (χ3v) is 3.13. The minimum atomic E-state index is -0.265. The van der Waals surface area contributed by atoms with Crippen LogP contribution in [0.5, 0.6) is 5.75 Å². The van der Waals surface area contributed by atoms with Gasteiger partial charge in [-0.05, 0) is 30.7 Å². The van der Waals surface area contributed by atoms with E-state index in [2.05, 4.69) is 32.0 Å². The van der Waals surface area contributed by atoms with Crippen LogP contribution in [0.4, 0.5) is 0 Å². The maximum absolute atomic E-state index is 11.3. The first-order valence-corrected chi connectivity index (χ1v) is 6.94. The number of alkyl halides is 1. The summed E-state index contributed by atoms with van der Waals surface area (Å²) in [6.07, 6.45) is 0.378. The van der Waals surface area contributed by atoms with Gasteiger partial charge in [0.05, 0.1) is 18.5 Å². The fourth-order valence-corrected chi connectivity index (χ4v) is 1.94. The summed E-state index contributed by atoms with van der Waals surface area (Å²) in [5.74, 6) is 0.211. The maximum Gasteiger partial charge on any atom is 1.00 e. The second kappa shape index (κ2) is 10.4. The third-order valence-electron chi connectivity index (χ3n) is 1.83. The molecular formula is C10H10INaO5S. The minimum Gasteiger partial charge on any atom is -0.691 e. The molecule has 0 saturated heterocycles. The average Bonchev–Trinajstić information content (AvgIpc) is 2.28. The first-order valence-electron chi connectivity index (χ1n) is 4.68. The molecule has 0 aliphatic heterocycles. The van der Waals surface area contributed by atoms with E-state index >= 15 is 0 Å². The monoisotopic (exact) mass is 392 g/mol. The quantitative estimate of drug-likeness (QED) is 0.0901. The number of carbonyl (C=O) groups is 1. The van der Waals surface area contributed by atoms with E-state index in [1.165, 1.54) is 0 Å². The van der Waals surface area contributed by atoms with Crippen LogP contribution in [0.25, 0.3) is 0 Å². The largest absolute Gasteiger partial charge is 1.00 e. The summed E-state index contributed by atoms with van der Waals surface area (Å²) >= 11 is 2.92. The molecule has 0 aliphatic carbocycles. The number of rotatable bonds is 6. The normalized spacial score (nSPS) is 9.72. The van der Waals surface area contributed by atoms with Crippen LogP contribution in [0.2, 0.25) is 0 Å². The molecule has 0 spiro atoms. The second-order valence-electron chi connectivity index (χ2n) is 3.06. The summed E-state index contributed by atoms with van der Waals surface area (Å²) in [6, 6.07) is 5.02. The molecule has 1 aromatic rings. The van der Waals surface area contributed by atoms with Gasteiger partial charge in [0.2, 0.25) is 0 Å². The van der Waals surface area contributed by atoms with Crippen molar-refractivity contribution in [2.75, 3.05) is 4.43 Å². The molecule has 0 radical (unpaired) electrons. The molecule has 8 heteroatoms. The van der Waals surface area contributed by atoms with Crippen LogP contribution in [0.3, 0.4) is 0 Å². The van der Waals surface area contributed by atoms with Gasteiger partial charge in [0.1, 0.15) is 5.75 Å². The number of halogens is 1. The van der Waals surface area contributed by atoms with E-state index in [1.807, 2.05) is 6.92 Å². The Kier molecular flexibility index (Phi) is 10.8. The zero-order valence-electron chi connectivity index (χ0n) is 9.97. The van der Waals surface area contributed by atoms with Crippen LogP contribution in [-0.4, -0.2) is 10.4 Å². The van der Waals surface area contributed by atoms with Gasteiger partial charge in [-0.25, -0.2) is 0 Å². The number of hydrogen-bond acceptors (Lipinski definition) is 6. The predicted molar refractivity (Wildman–Crippen MR) is 68.3 cm³/mol. The molecule has 94 valence electrons. The Bertz CT molecular complexity index is 391. The molecule has 0 saturated carbocycles. The first kappa shape index (κ1) is 18.7. The van der Waals surface area contributed by atoms with Gasteiger partial charge in [-0.3, -0.25) is 9.83 Å². The molecule has 1 aromatic carbocycles.